The predicted molar refractivity (Wildman–Crippen MR) is 140 cm³/mol. The van der Waals surface area contributed by atoms with E-state index in [-0.39, 0.29) is 6.42 Å². The van der Waals surface area contributed by atoms with E-state index in [0.717, 1.165) is 73.3 Å². The minimum atomic E-state index is -0.707. The van der Waals surface area contributed by atoms with Gasteiger partial charge in [-0.3, -0.25) is 4.79 Å². The fourth-order valence-corrected chi connectivity index (χ4v) is 4.74. The number of unbranched alkanes of at least 4 members (excludes halogenated alkanes) is 1. The summed E-state index contributed by atoms with van der Waals surface area (Å²) in [6.45, 7) is 5.52. The van der Waals surface area contributed by atoms with E-state index in [2.05, 4.69) is 74.5 Å². The summed E-state index contributed by atoms with van der Waals surface area (Å²) in [5.74, 6) is 1.54. The van der Waals surface area contributed by atoms with Crippen molar-refractivity contribution < 1.29 is 19.4 Å². The molecule has 0 fully saturated rings. The van der Waals surface area contributed by atoms with Gasteiger partial charge in [0.2, 0.25) is 0 Å². The first-order valence-electron chi connectivity index (χ1n) is 12.8. The van der Waals surface area contributed by atoms with E-state index >= 15 is 0 Å². The number of carboxylic acid groups (broad SMARTS) is 1. The van der Waals surface area contributed by atoms with Crippen LogP contribution in [0.5, 0.6) is 11.5 Å². The highest BCUT2D eigenvalue weighted by Crippen LogP contribution is 2.33. The molecule has 1 aliphatic rings. The Hall–Kier alpha value is -3.27. The number of benzene rings is 3. The maximum Gasteiger partial charge on any atom is 0.303 e. The summed E-state index contributed by atoms with van der Waals surface area (Å²) in [4.78, 5) is 10.9. The molecule has 3 aromatic rings. The first-order valence-corrected chi connectivity index (χ1v) is 12.8. The molecule has 3 aromatic carbocycles. The average Bonchev–Trinajstić information content (AvgIpc) is 2.87. The summed E-state index contributed by atoms with van der Waals surface area (Å²) < 4.78 is 12.2. The van der Waals surface area contributed by atoms with Crippen molar-refractivity contribution in [3.05, 3.63) is 82.9 Å². The first kappa shape index (κ1) is 24.8. The van der Waals surface area contributed by atoms with Gasteiger partial charge in [-0.25, -0.2) is 0 Å². The second-order valence-corrected chi connectivity index (χ2v) is 9.66. The molecule has 184 valence electrons. The Morgan fingerprint density at radius 3 is 2.60 bits per heavy atom. The number of rotatable bonds is 11. The van der Waals surface area contributed by atoms with Gasteiger partial charge < -0.3 is 14.6 Å². The third-order valence-corrected chi connectivity index (χ3v) is 6.84. The smallest absolute Gasteiger partial charge is 0.303 e. The molecule has 0 radical (unpaired) electrons. The van der Waals surface area contributed by atoms with Crippen LogP contribution in [0.2, 0.25) is 0 Å². The van der Waals surface area contributed by atoms with Crippen molar-refractivity contribution in [2.24, 2.45) is 5.92 Å². The number of aliphatic carboxylic acids is 1. The van der Waals surface area contributed by atoms with Gasteiger partial charge in [0, 0.05) is 12.0 Å². The molecule has 0 bridgehead atoms. The van der Waals surface area contributed by atoms with Gasteiger partial charge in [-0.2, -0.15) is 0 Å². The number of ether oxygens (including phenoxy) is 2. The van der Waals surface area contributed by atoms with Crippen LogP contribution in [0.3, 0.4) is 0 Å². The zero-order valence-corrected chi connectivity index (χ0v) is 20.9. The van der Waals surface area contributed by atoms with Gasteiger partial charge in [0.25, 0.3) is 0 Å². The molecular weight excluding hydrogens is 436 g/mol. The molecule has 0 amide bonds. The van der Waals surface area contributed by atoms with Crippen molar-refractivity contribution in [2.45, 2.75) is 65.4 Å². The summed E-state index contributed by atoms with van der Waals surface area (Å²) in [6.07, 6.45) is 6.19. The lowest BCUT2D eigenvalue weighted by molar-refractivity contribution is -0.137. The number of fused-ring (bicyclic) bond motifs is 1. The van der Waals surface area contributed by atoms with Crippen LogP contribution in [0.4, 0.5) is 0 Å². The maximum absolute atomic E-state index is 10.9. The Morgan fingerprint density at radius 1 is 1.00 bits per heavy atom. The van der Waals surface area contributed by atoms with Crippen molar-refractivity contribution in [2.75, 3.05) is 6.61 Å². The lowest BCUT2D eigenvalue weighted by atomic mass is 9.81. The van der Waals surface area contributed by atoms with Crippen molar-refractivity contribution in [1.82, 2.24) is 0 Å². The van der Waals surface area contributed by atoms with Gasteiger partial charge in [-0.05, 0) is 91.5 Å². The molecule has 0 saturated carbocycles. The Labute approximate surface area is 208 Å². The van der Waals surface area contributed by atoms with Crippen molar-refractivity contribution in [3.63, 3.8) is 0 Å². The van der Waals surface area contributed by atoms with Crippen LogP contribution >= 0.6 is 0 Å². The van der Waals surface area contributed by atoms with Crippen molar-refractivity contribution >= 4 is 5.97 Å². The molecule has 4 heteroatoms. The molecule has 0 aromatic heterocycles. The van der Waals surface area contributed by atoms with E-state index in [1.165, 1.54) is 16.7 Å². The van der Waals surface area contributed by atoms with Crippen LogP contribution in [0.15, 0.2) is 60.7 Å². The van der Waals surface area contributed by atoms with Crippen LogP contribution < -0.4 is 9.47 Å². The zero-order valence-electron chi connectivity index (χ0n) is 20.9. The lowest BCUT2D eigenvalue weighted by Gasteiger charge is -2.24. The fraction of sp³-hybridized carbons (Fsp3) is 0.387. The monoisotopic (exact) mass is 472 g/mol. The standard InChI is InChI=1S/C31H36O4/c1-3-4-17-34-30-15-5-22(2)18-29(30)26-11-7-24(8-12-26)21-35-28-14-13-25-10-6-23(9-16-31(32)33)19-27(25)20-28/h5,7-8,11-15,18,20,23H,3-4,6,9-10,16-17,19,21H2,1-2H3,(H,32,33). The van der Waals surface area contributed by atoms with Crippen LogP contribution in [0.1, 0.15) is 61.3 Å². The molecular formula is C31H36O4. The molecule has 1 N–H and O–H groups in total. The minimum Gasteiger partial charge on any atom is -0.493 e. The first-order chi connectivity index (χ1) is 17.0. The van der Waals surface area contributed by atoms with Crippen LogP contribution in [-0.4, -0.2) is 17.7 Å². The van der Waals surface area contributed by atoms with Gasteiger partial charge in [-0.1, -0.05) is 55.3 Å². The molecule has 4 rings (SSSR count). The summed E-state index contributed by atoms with van der Waals surface area (Å²) in [5, 5.41) is 8.99. The van der Waals surface area contributed by atoms with Crippen LogP contribution in [-0.2, 0) is 24.2 Å². The molecule has 1 unspecified atom stereocenters. The molecule has 0 saturated heterocycles. The normalized spacial score (nSPS) is 14.9. The molecule has 0 aliphatic heterocycles. The van der Waals surface area contributed by atoms with Gasteiger partial charge in [-0.15, -0.1) is 0 Å². The SMILES string of the molecule is CCCCOc1ccc(C)cc1-c1ccc(COc2ccc3c(c2)CC(CCC(=O)O)CC3)cc1. The predicted octanol–water partition coefficient (Wildman–Crippen LogP) is 7.39. The van der Waals surface area contributed by atoms with Gasteiger partial charge in [0.15, 0.2) is 0 Å². The van der Waals surface area contributed by atoms with E-state index < -0.39 is 5.97 Å². The fourth-order valence-electron chi connectivity index (χ4n) is 4.74. The third-order valence-electron chi connectivity index (χ3n) is 6.84. The Morgan fingerprint density at radius 2 is 1.83 bits per heavy atom. The molecule has 0 spiro atoms. The van der Waals surface area contributed by atoms with Gasteiger partial charge in [0.1, 0.15) is 18.1 Å². The zero-order chi connectivity index (χ0) is 24.6. The number of hydrogen-bond acceptors (Lipinski definition) is 3. The minimum absolute atomic E-state index is 0.251. The highest BCUT2D eigenvalue weighted by Gasteiger charge is 2.20. The van der Waals surface area contributed by atoms with E-state index in [9.17, 15) is 4.79 Å². The third kappa shape index (κ3) is 6.88. The summed E-state index contributed by atoms with van der Waals surface area (Å²) in [7, 11) is 0. The Bertz CT molecular complexity index is 1130. The van der Waals surface area contributed by atoms with Gasteiger partial charge in [0.05, 0.1) is 6.61 Å². The van der Waals surface area contributed by atoms with Crippen LogP contribution in [0, 0.1) is 12.8 Å². The average molecular weight is 473 g/mol. The summed E-state index contributed by atoms with van der Waals surface area (Å²) in [5.41, 5.74) is 7.27. The van der Waals surface area contributed by atoms with Crippen molar-refractivity contribution in [3.8, 4) is 22.6 Å². The summed E-state index contributed by atoms with van der Waals surface area (Å²) >= 11 is 0. The van der Waals surface area contributed by atoms with Crippen LogP contribution in [0.25, 0.3) is 11.1 Å². The van der Waals surface area contributed by atoms with E-state index in [0.29, 0.717) is 12.5 Å². The number of aryl methyl sites for hydroxylation is 2. The van der Waals surface area contributed by atoms with E-state index in [1.807, 2.05) is 0 Å². The number of hydrogen-bond donors (Lipinski definition) is 1. The molecule has 35 heavy (non-hydrogen) atoms. The Balaban J connectivity index is 1.39. The van der Waals surface area contributed by atoms with Crippen molar-refractivity contribution in [1.29, 1.82) is 0 Å². The Kier molecular flexibility index (Phi) is 8.46. The summed E-state index contributed by atoms with van der Waals surface area (Å²) in [6, 6.07) is 21.2. The molecule has 1 atom stereocenters. The van der Waals surface area contributed by atoms with Gasteiger partial charge >= 0.3 is 5.97 Å². The number of carboxylic acids is 1. The molecule has 1 aliphatic carbocycles. The molecule has 0 heterocycles. The highest BCUT2D eigenvalue weighted by molar-refractivity contribution is 5.71. The lowest BCUT2D eigenvalue weighted by Crippen LogP contribution is -2.15. The quantitative estimate of drug-likeness (QED) is 0.296. The van der Waals surface area contributed by atoms with E-state index in [4.69, 9.17) is 14.6 Å². The maximum atomic E-state index is 10.9. The highest BCUT2D eigenvalue weighted by atomic mass is 16.5. The second kappa shape index (κ2) is 11.9. The molecule has 4 nitrogen and oxygen atoms in total. The largest absolute Gasteiger partial charge is 0.493 e. The number of carbonyl (C=O) groups is 1. The van der Waals surface area contributed by atoms with E-state index in [1.54, 1.807) is 0 Å². The topological polar surface area (TPSA) is 55.8 Å². The second-order valence-electron chi connectivity index (χ2n) is 9.66.